The Morgan fingerprint density at radius 2 is 1.88 bits per heavy atom. The summed E-state index contributed by atoms with van der Waals surface area (Å²) in [5, 5.41) is 0. The quantitative estimate of drug-likeness (QED) is 0.571. The number of hydrogen-bond acceptors (Lipinski definition) is 2. The maximum Gasteiger partial charge on any atom is 0.146 e. The lowest BCUT2D eigenvalue weighted by molar-refractivity contribution is -0.119. The number of rotatable bonds is 2. The number of Topliss-reactive ketones (excluding diaryl/α,β-unsaturated/α-hetero) is 1. The van der Waals surface area contributed by atoms with E-state index in [-0.39, 0.29) is 17.7 Å². The lowest BCUT2D eigenvalue weighted by atomic mass is 10.0. The molecule has 0 bridgehead atoms. The van der Waals surface area contributed by atoms with Crippen molar-refractivity contribution in [3.63, 3.8) is 0 Å². The van der Waals surface area contributed by atoms with Crippen LogP contribution in [-0.4, -0.2) is 11.8 Å². The largest absolute Gasteiger partial charge is 0.321 e. The third kappa shape index (κ3) is 2.07. The molecular formula is C6H13NO. The molecule has 48 valence electrons. The van der Waals surface area contributed by atoms with E-state index in [1.165, 1.54) is 6.92 Å². The number of nitrogens with two attached hydrogens (primary N) is 1. The molecule has 0 amide bonds. The molecule has 0 saturated carbocycles. The molecule has 0 aromatic heterocycles. The molecule has 1 atom stereocenters. The van der Waals surface area contributed by atoms with E-state index in [4.69, 9.17) is 5.73 Å². The first-order chi connectivity index (χ1) is 3.55. The van der Waals surface area contributed by atoms with Gasteiger partial charge in [-0.3, -0.25) is 4.79 Å². The Bertz CT molecular complexity index is 88.5. The molecule has 2 N–H and O–H groups in total. The fraction of sp³-hybridized carbons (Fsp3) is 0.833. The zero-order valence-corrected chi connectivity index (χ0v) is 5.64. The molecule has 0 aliphatic rings. The van der Waals surface area contributed by atoms with Crippen LogP contribution in [-0.2, 0) is 4.79 Å². The van der Waals surface area contributed by atoms with E-state index < -0.39 is 0 Å². The second-order valence-corrected chi connectivity index (χ2v) is 2.38. The molecule has 0 aromatic carbocycles. The lowest BCUT2D eigenvalue weighted by Gasteiger charge is -2.09. The minimum atomic E-state index is -0.269. The van der Waals surface area contributed by atoms with Crippen molar-refractivity contribution < 1.29 is 4.79 Å². The number of hydrogen-bond donors (Lipinski definition) is 1. The normalized spacial score (nSPS) is 14.1. The third-order valence-corrected chi connectivity index (χ3v) is 1.19. The van der Waals surface area contributed by atoms with Crippen molar-refractivity contribution in [2.75, 3.05) is 0 Å². The van der Waals surface area contributed by atoms with Crippen LogP contribution in [0.2, 0.25) is 0 Å². The van der Waals surface area contributed by atoms with E-state index in [1.54, 1.807) is 0 Å². The molecule has 0 heterocycles. The number of carbonyl (C=O) groups excluding carboxylic acids is 1. The Balaban J connectivity index is 3.64. The SMILES string of the molecule is CC(=O)[C@@H](N)C(C)C. The van der Waals surface area contributed by atoms with Gasteiger partial charge in [-0.2, -0.15) is 0 Å². The Labute approximate surface area is 50.1 Å². The molecule has 0 fully saturated rings. The predicted molar refractivity (Wildman–Crippen MR) is 33.5 cm³/mol. The van der Waals surface area contributed by atoms with Gasteiger partial charge in [0.2, 0.25) is 0 Å². The van der Waals surface area contributed by atoms with Gasteiger partial charge in [-0.05, 0) is 12.8 Å². The molecule has 0 saturated heterocycles. The third-order valence-electron chi connectivity index (χ3n) is 1.19. The van der Waals surface area contributed by atoms with Crippen LogP contribution in [0.4, 0.5) is 0 Å². The molecule has 0 aliphatic heterocycles. The van der Waals surface area contributed by atoms with E-state index in [1.807, 2.05) is 13.8 Å². The van der Waals surface area contributed by atoms with Crippen molar-refractivity contribution in [1.29, 1.82) is 0 Å². The van der Waals surface area contributed by atoms with Gasteiger partial charge in [0.15, 0.2) is 0 Å². The summed E-state index contributed by atoms with van der Waals surface area (Å²) in [5.74, 6) is 0.340. The Kier molecular flexibility index (Phi) is 2.69. The summed E-state index contributed by atoms with van der Waals surface area (Å²) in [6.07, 6.45) is 0. The summed E-state index contributed by atoms with van der Waals surface area (Å²) in [6, 6.07) is -0.269. The fourth-order valence-corrected chi connectivity index (χ4v) is 0.469. The smallest absolute Gasteiger partial charge is 0.146 e. The Hall–Kier alpha value is -0.370. The molecule has 0 aliphatic carbocycles. The number of ketones is 1. The van der Waals surface area contributed by atoms with Gasteiger partial charge in [-0.1, -0.05) is 13.8 Å². The molecule has 2 heteroatoms. The van der Waals surface area contributed by atoms with Gasteiger partial charge in [-0.25, -0.2) is 0 Å². The summed E-state index contributed by atoms with van der Waals surface area (Å²) < 4.78 is 0. The van der Waals surface area contributed by atoms with Crippen molar-refractivity contribution in [1.82, 2.24) is 0 Å². The number of carbonyl (C=O) groups is 1. The lowest BCUT2D eigenvalue weighted by Crippen LogP contribution is -2.33. The van der Waals surface area contributed by atoms with Gasteiger partial charge in [0.05, 0.1) is 6.04 Å². The molecule has 8 heavy (non-hydrogen) atoms. The van der Waals surface area contributed by atoms with Crippen LogP contribution in [0.25, 0.3) is 0 Å². The summed E-state index contributed by atoms with van der Waals surface area (Å²) in [4.78, 5) is 10.5. The molecular weight excluding hydrogens is 102 g/mol. The average molecular weight is 115 g/mol. The van der Waals surface area contributed by atoms with Crippen molar-refractivity contribution in [3.8, 4) is 0 Å². The fourth-order valence-electron chi connectivity index (χ4n) is 0.469. The Morgan fingerprint density at radius 1 is 1.50 bits per heavy atom. The maximum absolute atomic E-state index is 10.5. The van der Waals surface area contributed by atoms with Gasteiger partial charge >= 0.3 is 0 Å². The monoisotopic (exact) mass is 115 g/mol. The first-order valence-electron chi connectivity index (χ1n) is 2.81. The molecule has 0 aromatic rings. The predicted octanol–water partition coefficient (Wildman–Crippen LogP) is 0.559. The molecule has 0 unspecified atom stereocenters. The van der Waals surface area contributed by atoms with Crippen LogP contribution >= 0.6 is 0 Å². The van der Waals surface area contributed by atoms with Crippen molar-refractivity contribution in [2.24, 2.45) is 11.7 Å². The van der Waals surface area contributed by atoms with E-state index in [0.717, 1.165) is 0 Å². The van der Waals surface area contributed by atoms with Crippen LogP contribution in [0, 0.1) is 5.92 Å². The van der Waals surface area contributed by atoms with E-state index in [9.17, 15) is 4.79 Å². The van der Waals surface area contributed by atoms with Crippen molar-refractivity contribution in [3.05, 3.63) is 0 Å². The molecule has 0 radical (unpaired) electrons. The first kappa shape index (κ1) is 7.63. The van der Waals surface area contributed by atoms with Gasteiger partial charge in [0, 0.05) is 0 Å². The molecule has 0 spiro atoms. The van der Waals surface area contributed by atoms with Gasteiger partial charge in [0.25, 0.3) is 0 Å². The topological polar surface area (TPSA) is 43.1 Å². The highest BCUT2D eigenvalue weighted by Crippen LogP contribution is 1.97. The highest BCUT2D eigenvalue weighted by molar-refractivity contribution is 5.81. The van der Waals surface area contributed by atoms with Gasteiger partial charge < -0.3 is 5.73 Å². The standard InChI is InChI=1S/C6H13NO/c1-4(2)6(7)5(3)8/h4,6H,7H2,1-3H3/t6-/m0/s1. The van der Waals surface area contributed by atoms with E-state index in [2.05, 4.69) is 0 Å². The van der Waals surface area contributed by atoms with Gasteiger partial charge in [0.1, 0.15) is 5.78 Å². The second-order valence-electron chi connectivity index (χ2n) is 2.38. The summed E-state index contributed by atoms with van der Waals surface area (Å²) in [7, 11) is 0. The summed E-state index contributed by atoms with van der Waals surface area (Å²) in [6.45, 7) is 5.39. The highest BCUT2D eigenvalue weighted by atomic mass is 16.1. The van der Waals surface area contributed by atoms with Crippen LogP contribution in [0.5, 0.6) is 0 Å². The van der Waals surface area contributed by atoms with Crippen LogP contribution < -0.4 is 5.73 Å². The second kappa shape index (κ2) is 2.82. The average Bonchev–Trinajstić information content (AvgIpc) is 1.64. The van der Waals surface area contributed by atoms with Crippen molar-refractivity contribution >= 4 is 5.78 Å². The van der Waals surface area contributed by atoms with E-state index >= 15 is 0 Å². The van der Waals surface area contributed by atoms with Crippen molar-refractivity contribution in [2.45, 2.75) is 26.8 Å². The highest BCUT2D eigenvalue weighted by Gasteiger charge is 2.10. The zero-order chi connectivity index (χ0) is 6.73. The minimum absolute atomic E-state index is 0.0694. The Morgan fingerprint density at radius 3 is 1.88 bits per heavy atom. The van der Waals surface area contributed by atoms with Gasteiger partial charge in [-0.15, -0.1) is 0 Å². The first-order valence-corrected chi connectivity index (χ1v) is 2.81. The summed E-state index contributed by atoms with van der Waals surface area (Å²) >= 11 is 0. The summed E-state index contributed by atoms with van der Waals surface area (Å²) in [5.41, 5.74) is 5.41. The maximum atomic E-state index is 10.5. The molecule has 2 nitrogen and oxygen atoms in total. The van der Waals surface area contributed by atoms with Crippen LogP contribution in [0.1, 0.15) is 20.8 Å². The van der Waals surface area contributed by atoms with E-state index in [0.29, 0.717) is 0 Å². The molecule has 0 rings (SSSR count). The van der Waals surface area contributed by atoms with Crippen LogP contribution in [0.15, 0.2) is 0 Å². The van der Waals surface area contributed by atoms with Crippen LogP contribution in [0.3, 0.4) is 0 Å². The zero-order valence-electron chi connectivity index (χ0n) is 5.64. The minimum Gasteiger partial charge on any atom is -0.321 e.